The molecular formula is C21H15ClF3N5O2S. The number of sulfonamides is 1. The molecule has 0 aromatic carbocycles. The number of nitriles is 1. The minimum atomic E-state index is -4.73. The van der Waals surface area contributed by atoms with Gasteiger partial charge in [-0.3, -0.25) is 9.55 Å². The maximum absolute atomic E-state index is 13.0. The molecule has 170 valence electrons. The fourth-order valence-electron chi connectivity index (χ4n) is 3.39. The minimum Gasteiger partial charge on any atom is -0.291 e. The lowest BCUT2D eigenvalue weighted by atomic mass is 10.1. The predicted octanol–water partition coefficient (Wildman–Crippen LogP) is 4.65. The average molecular weight is 494 g/mol. The first-order chi connectivity index (χ1) is 15.6. The van der Waals surface area contributed by atoms with Crippen molar-refractivity contribution in [3.05, 3.63) is 59.4 Å². The molecule has 1 aliphatic rings. The van der Waals surface area contributed by atoms with E-state index in [0.717, 1.165) is 18.0 Å². The van der Waals surface area contributed by atoms with Gasteiger partial charge in [-0.15, -0.1) is 0 Å². The number of aromatic nitrogens is 3. The molecule has 33 heavy (non-hydrogen) atoms. The van der Waals surface area contributed by atoms with E-state index < -0.39 is 33.6 Å². The molecule has 0 saturated carbocycles. The van der Waals surface area contributed by atoms with Crippen LogP contribution in [0.1, 0.15) is 18.9 Å². The lowest BCUT2D eigenvalue weighted by molar-refractivity contribution is -0.151. The highest BCUT2D eigenvalue weighted by Crippen LogP contribution is 2.37. The van der Waals surface area contributed by atoms with Crippen molar-refractivity contribution >= 4 is 38.4 Å². The van der Waals surface area contributed by atoms with Crippen LogP contribution in [0.25, 0.3) is 28.1 Å². The second-order valence-corrected chi connectivity index (χ2v) is 9.30. The van der Waals surface area contributed by atoms with Gasteiger partial charge in [0, 0.05) is 23.5 Å². The van der Waals surface area contributed by atoms with Crippen molar-refractivity contribution in [2.24, 2.45) is 0 Å². The SMILES string of the molecule is CCC(NS(=O)(=O)c1ccc(-c2c(C#N)c3cc(Cl)cnc3n2C2=CC=C2)nc1)C(F)(F)F. The molecule has 1 atom stereocenters. The van der Waals surface area contributed by atoms with Gasteiger partial charge in [-0.1, -0.05) is 24.6 Å². The van der Waals surface area contributed by atoms with Crippen LogP contribution in [0.4, 0.5) is 13.2 Å². The zero-order chi connectivity index (χ0) is 24.0. The fraction of sp³-hybridized carbons (Fsp3) is 0.190. The number of nitrogens with zero attached hydrogens (tertiary/aromatic N) is 4. The number of halogens is 4. The fourth-order valence-corrected chi connectivity index (χ4v) is 4.80. The molecule has 3 aromatic rings. The van der Waals surface area contributed by atoms with Gasteiger partial charge < -0.3 is 0 Å². The van der Waals surface area contributed by atoms with Crippen LogP contribution in [-0.4, -0.2) is 35.2 Å². The standard InChI is InChI=1S/C21H15ClF3N5O2S/c1-2-18(21(23,24)25)29-33(31,32)14-6-7-17(27-11-14)19-16(9-26)15-8-12(22)10-28-20(15)30(19)13-4-3-5-13/h3-8,10-11,18,29H,2H2,1H3. The molecule has 1 unspecified atom stereocenters. The summed E-state index contributed by atoms with van der Waals surface area (Å²) >= 11 is 6.06. The third kappa shape index (κ3) is 4.13. The maximum atomic E-state index is 13.0. The molecule has 3 heterocycles. The number of hydrogen-bond donors (Lipinski definition) is 1. The van der Waals surface area contributed by atoms with Gasteiger partial charge >= 0.3 is 6.18 Å². The lowest BCUT2D eigenvalue weighted by Crippen LogP contribution is -2.44. The summed E-state index contributed by atoms with van der Waals surface area (Å²) in [5.41, 5.74) is 2.01. The molecule has 1 N–H and O–H groups in total. The molecule has 4 rings (SSSR count). The molecule has 0 spiro atoms. The quantitative estimate of drug-likeness (QED) is 0.538. The van der Waals surface area contributed by atoms with Crippen molar-refractivity contribution in [2.75, 3.05) is 0 Å². The van der Waals surface area contributed by atoms with Crippen LogP contribution in [-0.2, 0) is 10.0 Å². The number of nitrogens with one attached hydrogen (secondary N) is 1. The molecule has 0 amide bonds. The Kier molecular flexibility index (Phi) is 5.78. The number of rotatable bonds is 6. The predicted molar refractivity (Wildman–Crippen MR) is 117 cm³/mol. The molecule has 7 nitrogen and oxygen atoms in total. The van der Waals surface area contributed by atoms with Crippen LogP contribution < -0.4 is 4.72 Å². The van der Waals surface area contributed by atoms with Crippen LogP contribution in [0.15, 0.2) is 53.7 Å². The van der Waals surface area contributed by atoms with E-state index in [4.69, 9.17) is 11.6 Å². The molecule has 0 bridgehead atoms. The first-order valence-electron chi connectivity index (χ1n) is 9.61. The van der Waals surface area contributed by atoms with Gasteiger partial charge in [0.25, 0.3) is 0 Å². The maximum Gasteiger partial charge on any atom is 0.404 e. The highest BCUT2D eigenvalue weighted by Gasteiger charge is 2.41. The van der Waals surface area contributed by atoms with E-state index in [1.807, 2.05) is 0 Å². The van der Waals surface area contributed by atoms with E-state index >= 15 is 0 Å². The van der Waals surface area contributed by atoms with E-state index in [2.05, 4.69) is 16.0 Å². The summed E-state index contributed by atoms with van der Waals surface area (Å²) in [5, 5.41) is 10.6. The van der Waals surface area contributed by atoms with Gasteiger partial charge in [0.2, 0.25) is 10.0 Å². The molecule has 1 aliphatic carbocycles. The van der Waals surface area contributed by atoms with Gasteiger partial charge in [-0.05, 0) is 36.8 Å². The first kappa shape index (κ1) is 23.0. The largest absolute Gasteiger partial charge is 0.404 e. The van der Waals surface area contributed by atoms with Crippen LogP contribution in [0, 0.1) is 11.3 Å². The summed E-state index contributed by atoms with van der Waals surface area (Å²) in [6.07, 6.45) is 2.60. The monoisotopic (exact) mass is 493 g/mol. The second kappa shape index (κ2) is 8.30. The number of fused-ring (bicyclic) bond motifs is 1. The van der Waals surface area contributed by atoms with Crippen molar-refractivity contribution in [3.8, 4) is 17.5 Å². The Hall–Kier alpha value is -3.20. The summed E-state index contributed by atoms with van der Waals surface area (Å²) < 4.78 is 67.4. The molecule has 3 aromatic heterocycles. The number of pyridine rings is 2. The number of allylic oxidation sites excluding steroid dienone is 4. The van der Waals surface area contributed by atoms with Gasteiger partial charge in [-0.2, -0.15) is 23.2 Å². The average Bonchev–Trinajstić information content (AvgIpc) is 3.03. The van der Waals surface area contributed by atoms with E-state index in [-0.39, 0.29) is 11.3 Å². The Morgan fingerprint density at radius 3 is 2.52 bits per heavy atom. The Morgan fingerprint density at radius 2 is 2.00 bits per heavy atom. The Balaban J connectivity index is 1.80. The van der Waals surface area contributed by atoms with E-state index in [0.29, 0.717) is 21.7 Å². The smallest absolute Gasteiger partial charge is 0.291 e. The topological polar surface area (TPSA) is 101 Å². The molecule has 12 heteroatoms. The zero-order valence-electron chi connectivity index (χ0n) is 16.9. The Labute approximate surface area is 191 Å². The third-order valence-electron chi connectivity index (χ3n) is 5.07. The van der Waals surface area contributed by atoms with Crippen LogP contribution in [0.2, 0.25) is 5.02 Å². The van der Waals surface area contributed by atoms with E-state index in [9.17, 15) is 26.9 Å². The third-order valence-corrected chi connectivity index (χ3v) is 6.73. The zero-order valence-corrected chi connectivity index (χ0v) is 18.5. The second-order valence-electron chi connectivity index (χ2n) is 7.15. The summed E-state index contributed by atoms with van der Waals surface area (Å²) in [6, 6.07) is 3.96. The highest BCUT2D eigenvalue weighted by molar-refractivity contribution is 7.89. The normalized spacial score (nSPS) is 14.6. The molecule has 0 radical (unpaired) electrons. The van der Waals surface area contributed by atoms with Crippen LogP contribution in [0.3, 0.4) is 0 Å². The van der Waals surface area contributed by atoms with Crippen molar-refractivity contribution in [3.63, 3.8) is 0 Å². The minimum absolute atomic E-state index is 0.227. The summed E-state index contributed by atoms with van der Waals surface area (Å²) in [6.45, 7) is 1.23. The lowest BCUT2D eigenvalue weighted by Gasteiger charge is -2.20. The van der Waals surface area contributed by atoms with Gasteiger partial charge in [0.15, 0.2) is 0 Å². The summed E-state index contributed by atoms with van der Waals surface area (Å²) in [7, 11) is -4.48. The Morgan fingerprint density at radius 1 is 1.27 bits per heavy atom. The first-order valence-corrected chi connectivity index (χ1v) is 11.5. The Bertz CT molecular complexity index is 1450. The number of hydrogen-bond acceptors (Lipinski definition) is 5. The van der Waals surface area contributed by atoms with Crippen molar-refractivity contribution < 1.29 is 21.6 Å². The van der Waals surface area contributed by atoms with Gasteiger partial charge in [0.05, 0.1) is 22.0 Å². The van der Waals surface area contributed by atoms with Crippen LogP contribution in [0.5, 0.6) is 0 Å². The summed E-state index contributed by atoms with van der Waals surface area (Å²) in [4.78, 5) is 8.05. The molecule has 0 aliphatic heterocycles. The van der Waals surface area contributed by atoms with Crippen molar-refractivity contribution in [1.29, 1.82) is 5.26 Å². The van der Waals surface area contributed by atoms with Gasteiger partial charge in [0.1, 0.15) is 22.7 Å². The molecule has 0 saturated heterocycles. The van der Waals surface area contributed by atoms with Gasteiger partial charge in [-0.25, -0.2) is 13.4 Å². The van der Waals surface area contributed by atoms with E-state index in [1.165, 1.54) is 19.2 Å². The number of alkyl halides is 3. The van der Waals surface area contributed by atoms with Crippen molar-refractivity contribution in [2.45, 2.75) is 30.5 Å². The highest BCUT2D eigenvalue weighted by atomic mass is 35.5. The summed E-state index contributed by atoms with van der Waals surface area (Å²) in [5.74, 6) is 0. The van der Waals surface area contributed by atoms with E-state index in [1.54, 1.807) is 33.6 Å². The molecular weight excluding hydrogens is 479 g/mol. The van der Waals surface area contributed by atoms with Crippen molar-refractivity contribution in [1.82, 2.24) is 19.3 Å². The van der Waals surface area contributed by atoms with Crippen LogP contribution >= 0.6 is 11.6 Å². The molecule has 0 fully saturated rings.